The van der Waals surface area contributed by atoms with Crippen molar-refractivity contribution in [1.82, 2.24) is 0 Å². The van der Waals surface area contributed by atoms with Gasteiger partial charge < -0.3 is 10.2 Å². The zero-order chi connectivity index (χ0) is 12.1. The van der Waals surface area contributed by atoms with Gasteiger partial charge in [0.2, 0.25) is 0 Å². The molecule has 0 atom stereocenters. The number of aliphatic carboxylic acids is 1. The van der Waals surface area contributed by atoms with E-state index < -0.39 is 5.97 Å². The van der Waals surface area contributed by atoms with Gasteiger partial charge in [-0.15, -0.1) is 6.58 Å². The standard InChI is InChI=1S/C8H16O.C4H6O2/c1-2-3-4-5-6-7-8-9;1-3(2)4(5)6/h2,9H,1,3-8H2;1H2,2H3,(H,5,6). The third kappa shape index (κ3) is 19.4. The normalized spacial score (nSPS) is 8.67. The number of carbonyl (C=O) groups is 1. The monoisotopic (exact) mass is 214 g/mol. The maximum atomic E-state index is 9.60. The topological polar surface area (TPSA) is 57.5 Å². The van der Waals surface area contributed by atoms with Crippen LogP contribution in [0.5, 0.6) is 0 Å². The van der Waals surface area contributed by atoms with Crippen molar-refractivity contribution < 1.29 is 15.0 Å². The molecular weight excluding hydrogens is 192 g/mol. The Morgan fingerprint density at radius 2 is 1.73 bits per heavy atom. The Hall–Kier alpha value is -1.09. The SMILES string of the molecule is C=C(C)C(=O)O.C=CCCCCCCO. The van der Waals surface area contributed by atoms with Crippen molar-refractivity contribution >= 4 is 5.97 Å². The van der Waals surface area contributed by atoms with Crippen molar-refractivity contribution in [2.75, 3.05) is 6.61 Å². The first-order valence-electron chi connectivity index (χ1n) is 5.16. The summed E-state index contributed by atoms with van der Waals surface area (Å²) in [6, 6.07) is 0. The molecule has 0 aliphatic rings. The fraction of sp³-hybridized carbons (Fsp3) is 0.583. The summed E-state index contributed by atoms with van der Waals surface area (Å²) in [7, 11) is 0. The smallest absolute Gasteiger partial charge is 0.330 e. The van der Waals surface area contributed by atoms with E-state index in [0.29, 0.717) is 6.61 Å². The molecule has 0 spiro atoms. The summed E-state index contributed by atoms with van der Waals surface area (Å²) in [4.78, 5) is 9.60. The predicted octanol–water partition coefficient (Wildman–Crippen LogP) is 2.76. The highest BCUT2D eigenvalue weighted by molar-refractivity contribution is 5.84. The summed E-state index contributed by atoms with van der Waals surface area (Å²) < 4.78 is 0. The average Bonchev–Trinajstić information content (AvgIpc) is 2.18. The molecule has 0 rings (SSSR count). The first-order chi connectivity index (χ1) is 7.06. The summed E-state index contributed by atoms with van der Waals surface area (Å²) in [6.45, 7) is 8.57. The van der Waals surface area contributed by atoms with Crippen LogP contribution in [0.4, 0.5) is 0 Å². The van der Waals surface area contributed by atoms with Crippen LogP contribution >= 0.6 is 0 Å². The number of aliphatic hydroxyl groups excluding tert-OH is 1. The zero-order valence-electron chi connectivity index (χ0n) is 9.54. The van der Waals surface area contributed by atoms with Crippen LogP contribution in [0.3, 0.4) is 0 Å². The summed E-state index contributed by atoms with van der Waals surface area (Å²) in [5, 5.41) is 16.3. The second-order valence-electron chi connectivity index (χ2n) is 3.30. The first-order valence-corrected chi connectivity index (χ1v) is 5.16. The zero-order valence-corrected chi connectivity index (χ0v) is 9.54. The van der Waals surface area contributed by atoms with Gasteiger partial charge in [0.25, 0.3) is 0 Å². The molecule has 0 aliphatic carbocycles. The molecule has 0 radical (unpaired) electrons. The number of hydrogen-bond acceptors (Lipinski definition) is 2. The van der Waals surface area contributed by atoms with E-state index in [2.05, 4.69) is 13.2 Å². The highest BCUT2D eigenvalue weighted by Crippen LogP contribution is 2.01. The third-order valence-electron chi connectivity index (χ3n) is 1.68. The molecule has 0 aromatic heterocycles. The Morgan fingerprint density at radius 3 is 2.07 bits per heavy atom. The lowest BCUT2D eigenvalue weighted by atomic mass is 10.1. The van der Waals surface area contributed by atoms with E-state index in [9.17, 15) is 4.79 Å². The average molecular weight is 214 g/mol. The van der Waals surface area contributed by atoms with Gasteiger partial charge in [-0.3, -0.25) is 0 Å². The Morgan fingerprint density at radius 1 is 1.27 bits per heavy atom. The van der Waals surface area contributed by atoms with Gasteiger partial charge >= 0.3 is 5.97 Å². The van der Waals surface area contributed by atoms with E-state index in [-0.39, 0.29) is 5.57 Å². The van der Waals surface area contributed by atoms with Crippen LogP contribution in [0.1, 0.15) is 39.0 Å². The molecule has 3 nitrogen and oxygen atoms in total. The number of carboxylic acids is 1. The van der Waals surface area contributed by atoms with E-state index in [1.807, 2.05) is 6.08 Å². The number of carboxylic acid groups (broad SMARTS) is 1. The maximum absolute atomic E-state index is 9.60. The lowest BCUT2D eigenvalue weighted by Crippen LogP contribution is -1.92. The minimum absolute atomic E-state index is 0.176. The van der Waals surface area contributed by atoms with E-state index in [4.69, 9.17) is 10.2 Å². The van der Waals surface area contributed by atoms with Crippen LogP contribution in [-0.2, 0) is 4.79 Å². The summed E-state index contributed by atoms with van der Waals surface area (Å²) in [5.41, 5.74) is 0.176. The van der Waals surface area contributed by atoms with Crippen LogP contribution in [0.15, 0.2) is 24.8 Å². The van der Waals surface area contributed by atoms with E-state index >= 15 is 0 Å². The van der Waals surface area contributed by atoms with Gasteiger partial charge in [0, 0.05) is 12.2 Å². The molecule has 0 fully saturated rings. The van der Waals surface area contributed by atoms with Crippen LogP contribution < -0.4 is 0 Å². The van der Waals surface area contributed by atoms with Gasteiger partial charge in [0.15, 0.2) is 0 Å². The summed E-state index contributed by atoms with van der Waals surface area (Å²) in [5.74, 6) is -0.935. The van der Waals surface area contributed by atoms with Crippen molar-refractivity contribution in [2.24, 2.45) is 0 Å². The van der Waals surface area contributed by atoms with Crippen molar-refractivity contribution in [2.45, 2.75) is 39.0 Å². The van der Waals surface area contributed by atoms with Gasteiger partial charge in [-0.05, 0) is 26.2 Å². The first kappa shape index (κ1) is 16.3. The lowest BCUT2D eigenvalue weighted by molar-refractivity contribution is -0.132. The van der Waals surface area contributed by atoms with Crippen molar-refractivity contribution in [3.63, 3.8) is 0 Å². The molecular formula is C12H22O3. The second kappa shape index (κ2) is 12.9. The molecule has 0 aromatic carbocycles. The van der Waals surface area contributed by atoms with Crippen LogP contribution in [-0.4, -0.2) is 22.8 Å². The third-order valence-corrected chi connectivity index (χ3v) is 1.68. The lowest BCUT2D eigenvalue weighted by Gasteiger charge is -1.94. The van der Waals surface area contributed by atoms with E-state index in [1.54, 1.807) is 0 Å². The van der Waals surface area contributed by atoms with Gasteiger partial charge in [0.1, 0.15) is 0 Å². The highest BCUT2D eigenvalue weighted by Gasteiger charge is 1.90. The van der Waals surface area contributed by atoms with Gasteiger partial charge in [0.05, 0.1) is 0 Å². The minimum atomic E-state index is -0.935. The van der Waals surface area contributed by atoms with E-state index in [0.717, 1.165) is 19.3 Å². The molecule has 0 unspecified atom stereocenters. The molecule has 0 aromatic rings. The largest absolute Gasteiger partial charge is 0.478 e. The number of hydrogen-bond donors (Lipinski definition) is 2. The van der Waals surface area contributed by atoms with E-state index in [1.165, 1.54) is 19.8 Å². The van der Waals surface area contributed by atoms with Crippen LogP contribution in [0.25, 0.3) is 0 Å². The number of aliphatic hydroxyl groups is 1. The fourth-order valence-corrected chi connectivity index (χ4v) is 0.754. The number of allylic oxidation sites excluding steroid dienone is 1. The quantitative estimate of drug-likeness (QED) is 0.389. The fourth-order valence-electron chi connectivity index (χ4n) is 0.754. The second-order valence-corrected chi connectivity index (χ2v) is 3.30. The highest BCUT2D eigenvalue weighted by atomic mass is 16.4. The Kier molecular flexibility index (Phi) is 14.1. The maximum Gasteiger partial charge on any atom is 0.330 e. The number of rotatable bonds is 7. The molecule has 0 saturated heterocycles. The molecule has 0 heterocycles. The Labute approximate surface area is 92.1 Å². The summed E-state index contributed by atoms with van der Waals surface area (Å²) in [6.07, 6.45) is 7.63. The predicted molar refractivity (Wildman–Crippen MR) is 62.8 cm³/mol. The summed E-state index contributed by atoms with van der Waals surface area (Å²) >= 11 is 0. The van der Waals surface area contributed by atoms with Gasteiger partial charge in [-0.25, -0.2) is 4.79 Å². The molecule has 88 valence electrons. The molecule has 0 amide bonds. The van der Waals surface area contributed by atoms with Crippen molar-refractivity contribution in [3.8, 4) is 0 Å². The molecule has 0 bridgehead atoms. The molecule has 0 aliphatic heterocycles. The van der Waals surface area contributed by atoms with Gasteiger partial charge in [-0.2, -0.15) is 0 Å². The Bertz CT molecular complexity index is 173. The van der Waals surface area contributed by atoms with Crippen molar-refractivity contribution in [1.29, 1.82) is 0 Å². The minimum Gasteiger partial charge on any atom is -0.478 e. The molecule has 0 saturated carbocycles. The van der Waals surface area contributed by atoms with Crippen LogP contribution in [0, 0.1) is 0 Å². The van der Waals surface area contributed by atoms with Gasteiger partial charge in [-0.1, -0.05) is 25.5 Å². The molecule has 3 heteroatoms. The van der Waals surface area contributed by atoms with Crippen molar-refractivity contribution in [3.05, 3.63) is 24.8 Å². The molecule has 15 heavy (non-hydrogen) atoms. The number of unbranched alkanes of at least 4 members (excludes halogenated alkanes) is 4. The molecule has 2 N–H and O–H groups in total. The Balaban J connectivity index is 0. The van der Waals surface area contributed by atoms with Crippen LogP contribution in [0.2, 0.25) is 0 Å².